The fraction of sp³-hybridized carbons (Fsp3) is 1.00. The second kappa shape index (κ2) is 9.44. The lowest BCUT2D eigenvalue weighted by molar-refractivity contribution is 0.120. The van der Waals surface area contributed by atoms with Gasteiger partial charge in [0.05, 0.1) is 6.61 Å². The zero-order valence-corrected chi connectivity index (χ0v) is 9.96. The van der Waals surface area contributed by atoms with Gasteiger partial charge in [-0.25, -0.2) is 0 Å². The van der Waals surface area contributed by atoms with Crippen LogP contribution in [0.5, 0.6) is 0 Å². The fourth-order valence-corrected chi connectivity index (χ4v) is 1.66. The van der Waals surface area contributed by atoms with E-state index in [-0.39, 0.29) is 0 Å². The van der Waals surface area contributed by atoms with Crippen LogP contribution in [0.4, 0.5) is 0 Å². The molecule has 0 spiro atoms. The molecule has 1 unspecified atom stereocenters. The van der Waals surface area contributed by atoms with Crippen LogP contribution in [0, 0.1) is 0 Å². The summed E-state index contributed by atoms with van der Waals surface area (Å²) in [6.45, 7) is 8.24. The lowest BCUT2D eigenvalue weighted by atomic mass is 10.1. The Kier molecular flexibility index (Phi) is 9.35. The molecule has 3 heteroatoms. The van der Waals surface area contributed by atoms with Crippen molar-refractivity contribution in [3.63, 3.8) is 0 Å². The highest BCUT2D eigenvalue weighted by molar-refractivity contribution is 4.66. The molecule has 0 rings (SSSR count). The second-order valence-electron chi connectivity index (χ2n) is 3.81. The van der Waals surface area contributed by atoms with Crippen LogP contribution in [0.2, 0.25) is 0 Å². The number of nitrogens with two attached hydrogens (primary N) is 1. The number of nitrogens with zero attached hydrogens (tertiary/aromatic N) is 1. The minimum absolute atomic E-state index is 0.654. The monoisotopic (exact) mass is 202 g/mol. The van der Waals surface area contributed by atoms with Crippen LogP contribution in [0.3, 0.4) is 0 Å². The molecule has 3 nitrogen and oxygen atoms in total. The van der Waals surface area contributed by atoms with E-state index in [1.54, 1.807) is 7.11 Å². The Hall–Kier alpha value is -0.120. The molecular weight excluding hydrogens is 176 g/mol. The van der Waals surface area contributed by atoms with Crippen molar-refractivity contribution in [1.82, 2.24) is 4.90 Å². The Morgan fingerprint density at radius 3 is 2.57 bits per heavy atom. The third kappa shape index (κ3) is 6.35. The Morgan fingerprint density at radius 2 is 2.07 bits per heavy atom. The maximum atomic E-state index is 5.52. The number of hydrogen-bond acceptors (Lipinski definition) is 3. The zero-order chi connectivity index (χ0) is 10.8. The van der Waals surface area contributed by atoms with E-state index in [4.69, 9.17) is 10.5 Å². The van der Waals surface area contributed by atoms with Crippen molar-refractivity contribution >= 4 is 0 Å². The topological polar surface area (TPSA) is 38.5 Å². The summed E-state index contributed by atoms with van der Waals surface area (Å²) in [5.74, 6) is 0. The highest BCUT2D eigenvalue weighted by atomic mass is 16.5. The lowest BCUT2D eigenvalue weighted by Gasteiger charge is -2.28. The van der Waals surface area contributed by atoms with Gasteiger partial charge in [0.15, 0.2) is 0 Å². The van der Waals surface area contributed by atoms with Crippen molar-refractivity contribution in [2.45, 2.75) is 39.2 Å². The fourth-order valence-electron chi connectivity index (χ4n) is 1.66. The summed E-state index contributed by atoms with van der Waals surface area (Å²) < 4.78 is 5.11. The average Bonchev–Trinajstić information content (AvgIpc) is 2.18. The Labute approximate surface area is 88.6 Å². The second-order valence-corrected chi connectivity index (χ2v) is 3.81. The van der Waals surface area contributed by atoms with Crippen LogP contribution in [0.15, 0.2) is 0 Å². The van der Waals surface area contributed by atoms with Gasteiger partial charge in [-0.05, 0) is 32.9 Å². The minimum atomic E-state index is 0.654. The summed E-state index contributed by atoms with van der Waals surface area (Å²) >= 11 is 0. The molecule has 0 aromatic rings. The molecule has 0 aliphatic heterocycles. The van der Waals surface area contributed by atoms with E-state index in [1.807, 2.05) is 0 Å². The summed E-state index contributed by atoms with van der Waals surface area (Å²) in [6, 6.07) is 0.654. The first-order valence-corrected chi connectivity index (χ1v) is 5.69. The summed E-state index contributed by atoms with van der Waals surface area (Å²) in [5.41, 5.74) is 5.52. The number of ether oxygens (including phenoxy) is 1. The molecule has 14 heavy (non-hydrogen) atoms. The van der Waals surface area contributed by atoms with E-state index >= 15 is 0 Å². The smallest absolute Gasteiger partial charge is 0.0589 e. The van der Waals surface area contributed by atoms with E-state index in [9.17, 15) is 0 Å². The third-order valence-electron chi connectivity index (χ3n) is 2.56. The van der Waals surface area contributed by atoms with E-state index in [1.165, 1.54) is 12.8 Å². The predicted molar refractivity (Wildman–Crippen MR) is 61.5 cm³/mol. The Morgan fingerprint density at radius 1 is 1.36 bits per heavy atom. The first kappa shape index (κ1) is 13.9. The van der Waals surface area contributed by atoms with Crippen molar-refractivity contribution in [1.29, 1.82) is 0 Å². The summed E-state index contributed by atoms with van der Waals surface area (Å²) in [6.07, 6.45) is 3.58. The Bertz CT molecular complexity index is 112. The van der Waals surface area contributed by atoms with Gasteiger partial charge >= 0.3 is 0 Å². The molecular formula is C11H26N2O. The molecule has 0 aromatic carbocycles. The maximum Gasteiger partial charge on any atom is 0.0589 e. The van der Waals surface area contributed by atoms with Gasteiger partial charge in [0, 0.05) is 19.7 Å². The summed E-state index contributed by atoms with van der Waals surface area (Å²) in [7, 11) is 1.76. The third-order valence-corrected chi connectivity index (χ3v) is 2.56. The molecule has 1 atom stereocenters. The Balaban J connectivity index is 3.81. The van der Waals surface area contributed by atoms with Crippen molar-refractivity contribution < 1.29 is 4.74 Å². The maximum absolute atomic E-state index is 5.52. The number of rotatable bonds is 9. The summed E-state index contributed by atoms with van der Waals surface area (Å²) in [4.78, 5) is 2.47. The predicted octanol–water partition coefficient (Wildman–Crippen LogP) is 1.47. The molecule has 0 aliphatic rings. The molecule has 86 valence electrons. The average molecular weight is 202 g/mol. The lowest BCUT2D eigenvalue weighted by Crippen LogP contribution is -2.37. The van der Waals surface area contributed by atoms with Crippen LogP contribution in [0.25, 0.3) is 0 Å². The molecule has 0 amide bonds. The van der Waals surface area contributed by atoms with Gasteiger partial charge in [-0.2, -0.15) is 0 Å². The molecule has 0 radical (unpaired) electrons. The largest absolute Gasteiger partial charge is 0.383 e. The molecule has 2 N–H and O–H groups in total. The van der Waals surface area contributed by atoms with E-state index in [0.717, 1.165) is 32.7 Å². The van der Waals surface area contributed by atoms with Crippen LogP contribution < -0.4 is 5.73 Å². The number of hydrogen-bond donors (Lipinski definition) is 1. The minimum Gasteiger partial charge on any atom is -0.383 e. The van der Waals surface area contributed by atoms with Crippen LogP contribution in [-0.2, 0) is 4.74 Å². The number of methoxy groups -OCH3 is 1. The highest BCUT2D eigenvalue weighted by Gasteiger charge is 2.11. The zero-order valence-electron chi connectivity index (χ0n) is 9.96. The van der Waals surface area contributed by atoms with Gasteiger partial charge in [0.25, 0.3) is 0 Å². The van der Waals surface area contributed by atoms with E-state index in [0.29, 0.717) is 6.04 Å². The first-order chi connectivity index (χ1) is 6.76. The molecule has 0 saturated heterocycles. The molecule has 0 fully saturated rings. The summed E-state index contributed by atoms with van der Waals surface area (Å²) in [5, 5.41) is 0. The van der Waals surface area contributed by atoms with Gasteiger partial charge in [-0.1, -0.05) is 13.3 Å². The van der Waals surface area contributed by atoms with Gasteiger partial charge in [0.1, 0.15) is 0 Å². The van der Waals surface area contributed by atoms with Crippen molar-refractivity contribution in [3.8, 4) is 0 Å². The van der Waals surface area contributed by atoms with Gasteiger partial charge in [0.2, 0.25) is 0 Å². The van der Waals surface area contributed by atoms with Crippen molar-refractivity contribution in [2.24, 2.45) is 5.73 Å². The van der Waals surface area contributed by atoms with Crippen LogP contribution in [0.1, 0.15) is 33.1 Å². The quantitative estimate of drug-likeness (QED) is 0.615. The van der Waals surface area contributed by atoms with Crippen molar-refractivity contribution in [2.75, 3.05) is 33.4 Å². The van der Waals surface area contributed by atoms with Crippen molar-refractivity contribution in [3.05, 3.63) is 0 Å². The molecule has 0 saturated carbocycles. The van der Waals surface area contributed by atoms with Gasteiger partial charge < -0.3 is 10.5 Å². The van der Waals surface area contributed by atoms with E-state index in [2.05, 4.69) is 18.7 Å². The molecule has 0 heterocycles. The van der Waals surface area contributed by atoms with Crippen LogP contribution in [-0.4, -0.2) is 44.3 Å². The standard InChI is InChI=1S/C11H26N2O/c1-4-6-11(2)13(8-5-7-12)9-10-14-3/h11H,4-10,12H2,1-3H3. The van der Waals surface area contributed by atoms with Gasteiger partial charge in [-0.15, -0.1) is 0 Å². The highest BCUT2D eigenvalue weighted by Crippen LogP contribution is 2.06. The molecule has 0 bridgehead atoms. The normalized spacial score (nSPS) is 13.5. The van der Waals surface area contributed by atoms with Crippen LogP contribution >= 0.6 is 0 Å². The van der Waals surface area contributed by atoms with E-state index < -0.39 is 0 Å². The first-order valence-electron chi connectivity index (χ1n) is 5.69. The molecule has 0 aliphatic carbocycles. The van der Waals surface area contributed by atoms with Gasteiger partial charge in [-0.3, -0.25) is 4.90 Å². The molecule has 0 aromatic heterocycles. The SMILES string of the molecule is CCCC(C)N(CCCN)CCOC.